The summed E-state index contributed by atoms with van der Waals surface area (Å²) in [5.74, 6) is -0.436. The van der Waals surface area contributed by atoms with Crippen LogP contribution in [0.1, 0.15) is 18.9 Å². The van der Waals surface area contributed by atoms with Crippen LogP contribution >= 0.6 is 0 Å². The number of carbonyl (C=O) groups excluding carboxylic acids is 1. The van der Waals surface area contributed by atoms with Crippen LogP contribution in [0.25, 0.3) is 0 Å². The number of carbonyl (C=O) groups is 1. The van der Waals surface area contributed by atoms with E-state index in [4.69, 9.17) is 5.11 Å². The van der Waals surface area contributed by atoms with E-state index < -0.39 is 23.8 Å². The molecule has 0 bridgehead atoms. The van der Waals surface area contributed by atoms with Gasteiger partial charge in [0.1, 0.15) is 6.10 Å². The standard InChI is InChI=1S/C14H17F3N2O2/c1-9(20)13(21)18-11-6-7-19(8-11)12-4-2-10(3-5-12)14(15,16)17/h2-5,9,11,20H,6-8H2,1H3,(H,18,21)/t9-,11+/m0/s1. The third-order valence-electron chi connectivity index (χ3n) is 3.47. The molecular formula is C14H17F3N2O2. The molecule has 1 amide bonds. The van der Waals surface area contributed by atoms with Crippen LogP contribution in [0.2, 0.25) is 0 Å². The molecular weight excluding hydrogens is 285 g/mol. The van der Waals surface area contributed by atoms with Crippen LogP contribution in [0.4, 0.5) is 18.9 Å². The van der Waals surface area contributed by atoms with Gasteiger partial charge in [-0.2, -0.15) is 13.2 Å². The molecule has 2 atom stereocenters. The highest BCUT2D eigenvalue weighted by atomic mass is 19.4. The monoisotopic (exact) mass is 302 g/mol. The van der Waals surface area contributed by atoms with Crippen molar-refractivity contribution in [1.29, 1.82) is 0 Å². The Morgan fingerprint density at radius 3 is 2.52 bits per heavy atom. The van der Waals surface area contributed by atoms with Crippen molar-refractivity contribution in [2.45, 2.75) is 31.7 Å². The Kier molecular flexibility index (Phi) is 4.41. The van der Waals surface area contributed by atoms with Crippen molar-refractivity contribution in [2.75, 3.05) is 18.0 Å². The summed E-state index contributed by atoms with van der Waals surface area (Å²) in [6.45, 7) is 2.55. The Hall–Kier alpha value is -1.76. The second kappa shape index (κ2) is 5.93. The SMILES string of the molecule is C[C@H](O)C(=O)N[C@@H]1CCN(c2ccc(C(F)(F)F)cc2)C1. The molecule has 0 aromatic heterocycles. The molecule has 0 saturated carbocycles. The molecule has 1 aliphatic rings. The lowest BCUT2D eigenvalue weighted by atomic mass is 10.2. The van der Waals surface area contributed by atoms with Crippen LogP contribution < -0.4 is 10.2 Å². The molecule has 1 aromatic rings. The number of hydrogen-bond acceptors (Lipinski definition) is 3. The van der Waals surface area contributed by atoms with Gasteiger partial charge < -0.3 is 15.3 Å². The zero-order valence-corrected chi connectivity index (χ0v) is 11.5. The first kappa shape index (κ1) is 15.6. The van der Waals surface area contributed by atoms with Crippen LogP contribution in [0, 0.1) is 0 Å². The summed E-state index contributed by atoms with van der Waals surface area (Å²) in [5, 5.41) is 11.8. The zero-order chi connectivity index (χ0) is 15.6. The van der Waals surface area contributed by atoms with Gasteiger partial charge in [-0.25, -0.2) is 0 Å². The number of anilines is 1. The number of nitrogens with one attached hydrogen (secondary N) is 1. The summed E-state index contributed by atoms with van der Waals surface area (Å²) < 4.78 is 37.5. The van der Waals surface area contributed by atoms with Gasteiger partial charge in [0.15, 0.2) is 0 Å². The average Bonchev–Trinajstić information content (AvgIpc) is 2.86. The van der Waals surface area contributed by atoms with Crippen molar-refractivity contribution in [3.8, 4) is 0 Å². The van der Waals surface area contributed by atoms with E-state index in [2.05, 4.69) is 5.32 Å². The predicted octanol–water partition coefficient (Wildman–Crippen LogP) is 1.78. The summed E-state index contributed by atoms with van der Waals surface area (Å²) in [5.41, 5.74) is 0.0150. The Labute approximate surface area is 120 Å². The molecule has 1 aliphatic heterocycles. The van der Waals surface area contributed by atoms with Gasteiger partial charge in [-0.3, -0.25) is 4.79 Å². The third kappa shape index (κ3) is 3.87. The minimum absolute atomic E-state index is 0.102. The summed E-state index contributed by atoms with van der Waals surface area (Å²) in [7, 11) is 0. The predicted molar refractivity (Wildman–Crippen MR) is 71.9 cm³/mol. The Morgan fingerprint density at radius 1 is 1.38 bits per heavy atom. The van der Waals surface area contributed by atoms with E-state index >= 15 is 0 Å². The number of benzene rings is 1. The van der Waals surface area contributed by atoms with Crippen LogP contribution in [0.15, 0.2) is 24.3 Å². The van der Waals surface area contributed by atoms with Gasteiger partial charge in [0, 0.05) is 24.8 Å². The summed E-state index contributed by atoms with van der Waals surface area (Å²) >= 11 is 0. The van der Waals surface area contributed by atoms with Gasteiger partial charge in [-0.05, 0) is 37.6 Å². The fourth-order valence-electron chi connectivity index (χ4n) is 2.30. The van der Waals surface area contributed by atoms with Crippen LogP contribution in [0.3, 0.4) is 0 Å². The average molecular weight is 302 g/mol. The van der Waals surface area contributed by atoms with Crippen LogP contribution in [-0.4, -0.2) is 36.2 Å². The largest absolute Gasteiger partial charge is 0.416 e. The second-order valence-electron chi connectivity index (χ2n) is 5.16. The third-order valence-corrected chi connectivity index (χ3v) is 3.47. The van der Waals surface area contributed by atoms with E-state index in [1.54, 1.807) is 0 Å². The molecule has 116 valence electrons. The minimum Gasteiger partial charge on any atom is -0.384 e. The lowest BCUT2D eigenvalue weighted by Gasteiger charge is -2.20. The van der Waals surface area contributed by atoms with E-state index in [-0.39, 0.29) is 6.04 Å². The first-order chi connectivity index (χ1) is 9.77. The highest BCUT2D eigenvalue weighted by molar-refractivity contribution is 5.80. The molecule has 21 heavy (non-hydrogen) atoms. The lowest BCUT2D eigenvalue weighted by molar-refractivity contribution is -0.137. The van der Waals surface area contributed by atoms with E-state index in [0.717, 1.165) is 12.1 Å². The van der Waals surface area contributed by atoms with Crippen molar-refractivity contribution < 1.29 is 23.1 Å². The lowest BCUT2D eigenvalue weighted by Crippen LogP contribution is -2.41. The van der Waals surface area contributed by atoms with Crippen LogP contribution in [0.5, 0.6) is 0 Å². The zero-order valence-electron chi connectivity index (χ0n) is 11.5. The first-order valence-electron chi connectivity index (χ1n) is 6.68. The van der Waals surface area contributed by atoms with Gasteiger partial charge in [-0.15, -0.1) is 0 Å². The van der Waals surface area contributed by atoms with E-state index in [1.807, 2.05) is 4.90 Å². The van der Waals surface area contributed by atoms with Crippen LogP contribution in [-0.2, 0) is 11.0 Å². The maximum Gasteiger partial charge on any atom is 0.416 e. The molecule has 1 aromatic carbocycles. The fraction of sp³-hybridized carbons (Fsp3) is 0.500. The minimum atomic E-state index is -4.34. The Morgan fingerprint density at radius 2 is 2.00 bits per heavy atom. The normalized spacial score (nSPS) is 20.4. The van der Waals surface area contributed by atoms with E-state index in [9.17, 15) is 18.0 Å². The first-order valence-corrected chi connectivity index (χ1v) is 6.68. The number of hydrogen-bond donors (Lipinski definition) is 2. The van der Waals surface area contributed by atoms with Gasteiger partial charge in [0.25, 0.3) is 0 Å². The van der Waals surface area contributed by atoms with Crippen molar-refractivity contribution in [3.05, 3.63) is 29.8 Å². The number of halogens is 3. The van der Waals surface area contributed by atoms with E-state index in [1.165, 1.54) is 19.1 Å². The molecule has 1 heterocycles. The summed E-state index contributed by atoms with van der Waals surface area (Å²) in [6, 6.07) is 4.87. The molecule has 2 N–H and O–H groups in total. The molecule has 2 rings (SSSR count). The summed E-state index contributed by atoms with van der Waals surface area (Å²) in [4.78, 5) is 13.3. The van der Waals surface area contributed by atoms with Crippen molar-refractivity contribution in [3.63, 3.8) is 0 Å². The maximum absolute atomic E-state index is 12.5. The quantitative estimate of drug-likeness (QED) is 0.895. The number of alkyl halides is 3. The highest BCUT2D eigenvalue weighted by Gasteiger charge is 2.31. The molecule has 0 radical (unpaired) electrons. The molecule has 0 spiro atoms. The van der Waals surface area contributed by atoms with Gasteiger partial charge >= 0.3 is 6.18 Å². The fourth-order valence-corrected chi connectivity index (χ4v) is 2.30. The summed E-state index contributed by atoms with van der Waals surface area (Å²) in [6.07, 6.45) is -4.71. The van der Waals surface area contributed by atoms with Crippen molar-refractivity contribution in [1.82, 2.24) is 5.32 Å². The topological polar surface area (TPSA) is 52.6 Å². The Balaban J connectivity index is 1.97. The van der Waals surface area contributed by atoms with Crippen molar-refractivity contribution >= 4 is 11.6 Å². The molecule has 4 nitrogen and oxygen atoms in total. The number of nitrogens with zero attached hydrogens (tertiary/aromatic N) is 1. The van der Waals surface area contributed by atoms with Crippen molar-refractivity contribution in [2.24, 2.45) is 0 Å². The molecule has 1 fully saturated rings. The molecule has 0 unspecified atom stereocenters. The Bertz CT molecular complexity index is 500. The number of aliphatic hydroxyl groups excluding tert-OH is 1. The van der Waals surface area contributed by atoms with Gasteiger partial charge in [0.05, 0.1) is 5.56 Å². The maximum atomic E-state index is 12.5. The second-order valence-corrected chi connectivity index (χ2v) is 5.16. The van der Waals surface area contributed by atoms with Gasteiger partial charge in [-0.1, -0.05) is 0 Å². The number of amides is 1. The highest BCUT2D eigenvalue weighted by Crippen LogP contribution is 2.31. The molecule has 0 aliphatic carbocycles. The molecule has 7 heteroatoms. The van der Waals surface area contributed by atoms with E-state index in [0.29, 0.717) is 25.2 Å². The molecule has 1 saturated heterocycles. The van der Waals surface area contributed by atoms with Gasteiger partial charge in [0.2, 0.25) is 5.91 Å². The smallest absolute Gasteiger partial charge is 0.384 e. The number of aliphatic hydroxyl groups is 1. The number of rotatable bonds is 3.